The van der Waals surface area contributed by atoms with Gasteiger partial charge in [-0.3, -0.25) is 0 Å². The van der Waals surface area contributed by atoms with Crippen LogP contribution in [0.15, 0.2) is 18.3 Å². The van der Waals surface area contributed by atoms with Gasteiger partial charge < -0.3 is 14.4 Å². The number of nitrogens with zero attached hydrogens (tertiary/aromatic N) is 3. The molecule has 0 aromatic carbocycles. The van der Waals surface area contributed by atoms with Crippen molar-refractivity contribution in [2.45, 2.75) is 25.6 Å². The van der Waals surface area contributed by atoms with Gasteiger partial charge in [0.1, 0.15) is 11.8 Å². The molecule has 0 amide bonds. The maximum absolute atomic E-state index is 8.92. The first-order chi connectivity index (χ1) is 9.04. The molecule has 5 heteroatoms. The lowest BCUT2D eigenvalue weighted by molar-refractivity contribution is -0.106. The zero-order valence-electron chi connectivity index (χ0n) is 11.6. The molecule has 2 rings (SSSR count). The highest BCUT2D eigenvalue weighted by Crippen LogP contribution is 2.26. The van der Waals surface area contributed by atoms with Gasteiger partial charge in [0.15, 0.2) is 0 Å². The summed E-state index contributed by atoms with van der Waals surface area (Å²) in [5.74, 6) is 0. The monoisotopic (exact) mass is 261 g/mol. The summed E-state index contributed by atoms with van der Waals surface area (Å²) >= 11 is 0. The summed E-state index contributed by atoms with van der Waals surface area (Å²) < 4.78 is 11.2. The van der Waals surface area contributed by atoms with Crippen LogP contribution in [-0.4, -0.2) is 43.5 Å². The Morgan fingerprint density at radius 3 is 3.11 bits per heavy atom. The van der Waals surface area contributed by atoms with E-state index in [1.54, 1.807) is 13.3 Å². The topological polar surface area (TPSA) is 58.4 Å². The van der Waals surface area contributed by atoms with Crippen LogP contribution in [0.2, 0.25) is 0 Å². The zero-order valence-corrected chi connectivity index (χ0v) is 11.6. The van der Waals surface area contributed by atoms with Gasteiger partial charge in [-0.2, -0.15) is 5.26 Å². The lowest BCUT2D eigenvalue weighted by Crippen LogP contribution is -2.54. The van der Waals surface area contributed by atoms with Crippen molar-refractivity contribution in [3.63, 3.8) is 0 Å². The first-order valence-electron chi connectivity index (χ1n) is 6.32. The van der Waals surface area contributed by atoms with Crippen LogP contribution in [-0.2, 0) is 9.47 Å². The van der Waals surface area contributed by atoms with Crippen molar-refractivity contribution in [3.8, 4) is 6.07 Å². The first-order valence-corrected chi connectivity index (χ1v) is 6.32. The molecule has 1 saturated heterocycles. The standard InChI is InChI=1S/C14H19N3O2/c1-14(2)10-17(8-13(19-14)9-18-3)12-4-5-16-11(6-12)7-15/h4-6,13H,8-10H2,1-3H3/t13-/m0/s1. The van der Waals surface area contributed by atoms with Crippen molar-refractivity contribution in [1.29, 1.82) is 5.26 Å². The lowest BCUT2D eigenvalue weighted by Gasteiger charge is -2.43. The summed E-state index contributed by atoms with van der Waals surface area (Å²) in [7, 11) is 1.68. The molecule has 1 aliphatic rings. The summed E-state index contributed by atoms with van der Waals surface area (Å²) in [6.45, 7) is 6.23. The molecule has 102 valence electrons. The Morgan fingerprint density at radius 1 is 1.63 bits per heavy atom. The SMILES string of the molecule is COC[C@@H]1CN(c2ccnc(C#N)c2)CC(C)(C)O1. The van der Waals surface area contributed by atoms with Gasteiger partial charge in [0.05, 0.1) is 18.3 Å². The van der Waals surface area contributed by atoms with Gasteiger partial charge >= 0.3 is 0 Å². The Labute approximate surface area is 113 Å². The molecule has 2 heterocycles. The molecule has 19 heavy (non-hydrogen) atoms. The molecule has 0 unspecified atom stereocenters. The van der Waals surface area contributed by atoms with E-state index in [2.05, 4.69) is 29.8 Å². The van der Waals surface area contributed by atoms with Crippen LogP contribution in [0.3, 0.4) is 0 Å². The Bertz CT molecular complexity index is 482. The third kappa shape index (κ3) is 3.43. The highest BCUT2D eigenvalue weighted by molar-refractivity contribution is 5.49. The number of nitriles is 1. The molecule has 0 spiro atoms. The molecule has 0 saturated carbocycles. The van der Waals surface area contributed by atoms with Crippen molar-refractivity contribution in [2.24, 2.45) is 0 Å². The van der Waals surface area contributed by atoms with Gasteiger partial charge in [0, 0.05) is 32.1 Å². The van der Waals surface area contributed by atoms with Crippen molar-refractivity contribution in [2.75, 3.05) is 31.7 Å². The predicted octanol–water partition coefficient (Wildman–Crippen LogP) is 1.58. The van der Waals surface area contributed by atoms with Crippen LogP contribution in [0.4, 0.5) is 5.69 Å². The lowest BCUT2D eigenvalue weighted by atomic mass is 10.0. The highest BCUT2D eigenvalue weighted by atomic mass is 16.5. The average molecular weight is 261 g/mol. The second kappa shape index (κ2) is 5.55. The number of anilines is 1. The Hall–Kier alpha value is -1.64. The summed E-state index contributed by atoms with van der Waals surface area (Å²) in [6, 6.07) is 5.80. The van der Waals surface area contributed by atoms with Crippen LogP contribution in [0.1, 0.15) is 19.5 Å². The van der Waals surface area contributed by atoms with E-state index in [0.717, 1.165) is 18.8 Å². The summed E-state index contributed by atoms with van der Waals surface area (Å²) in [4.78, 5) is 6.22. The molecule has 1 fully saturated rings. The zero-order chi connectivity index (χ0) is 13.9. The number of methoxy groups -OCH3 is 1. The number of ether oxygens (including phenoxy) is 2. The molecule has 1 aliphatic heterocycles. The van der Waals surface area contributed by atoms with Gasteiger partial charge in [0.25, 0.3) is 0 Å². The fraction of sp³-hybridized carbons (Fsp3) is 0.571. The molecule has 0 N–H and O–H groups in total. The van der Waals surface area contributed by atoms with Gasteiger partial charge in [-0.1, -0.05) is 0 Å². The number of morpholine rings is 1. The van der Waals surface area contributed by atoms with Crippen LogP contribution in [0.25, 0.3) is 0 Å². The molecular weight excluding hydrogens is 242 g/mol. The highest BCUT2D eigenvalue weighted by Gasteiger charge is 2.33. The van der Waals surface area contributed by atoms with E-state index in [-0.39, 0.29) is 11.7 Å². The Morgan fingerprint density at radius 2 is 2.42 bits per heavy atom. The maximum atomic E-state index is 8.92. The largest absolute Gasteiger partial charge is 0.382 e. The van der Waals surface area contributed by atoms with E-state index < -0.39 is 0 Å². The van der Waals surface area contributed by atoms with E-state index in [0.29, 0.717) is 12.3 Å². The minimum atomic E-state index is -0.239. The van der Waals surface area contributed by atoms with Crippen LogP contribution in [0.5, 0.6) is 0 Å². The number of hydrogen-bond donors (Lipinski definition) is 0. The molecule has 1 atom stereocenters. The average Bonchev–Trinajstić information content (AvgIpc) is 2.37. The van der Waals surface area contributed by atoms with Crippen molar-refractivity contribution < 1.29 is 9.47 Å². The van der Waals surface area contributed by atoms with Crippen molar-refractivity contribution in [1.82, 2.24) is 4.98 Å². The normalized spacial score (nSPS) is 22.0. The predicted molar refractivity (Wildman–Crippen MR) is 72.0 cm³/mol. The Balaban J connectivity index is 2.20. The third-order valence-corrected chi connectivity index (χ3v) is 3.06. The number of hydrogen-bond acceptors (Lipinski definition) is 5. The molecule has 5 nitrogen and oxygen atoms in total. The van der Waals surface area contributed by atoms with Crippen molar-refractivity contribution in [3.05, 3.63) is 24.0 Å². The molecule has 0 bridgehead atoms. The van der Waals surface area contributed by atoms with E-state index in [9.17, 15) is 0 Å². The summed E-state index contributed by atoms with van der Waals surface area (Å²) in [5, 5.41) is 8.92. The van der Waals surface area contributed by atoms with Crippen LogP contribution < -0.4 is 4.90 Å². The second-order valence-electron chi connectivity index (χ2n) is 5.35. The molecule has 1 aromatic heterocycles. The van der Waals surface area contributed by atoms with E-state index in [1.807, 2.05) is 12.1 Å². The van der Waals surface area contributed by atoms with Gasteiger partial charge in [-0.05, 0) is 26.0 Å². The third-order valence-electron chi connectivity index (χ3n) is 3.06. The second-order valence-corrected chi connectivity index (χ2v) is 5.35. The van der Waals surface area contributed by atoms with Gasteiger partial charge in [0.2, 0.25) is 0 Å². The summed E-state index contributed by atoms with van der Waals surface area (Å²) in [6.07, 6.45) is 1.70. The fourth-order valence-electron chi connectivity index (χ4n) is 2.44. The summed E-state index contributed by atoms with van der Waals surface area (Å²) in [5.41, 5.74) is 1.20. The quantitative estimate of drug-likeness (QED) is 0.827. The van der Waals surface area contributed by atoms with Crippen LogP contribution in [0, 0.1) is 11.3 Å². The van der Waals surface area contributed by atoms with Crippen molar-refractivity contribution >= 4 is 5.69 Å². The fourth-order valence-corrected chi connectivity index (χ4v) is 2.44. The number of pyridine rings is 1. The minimum absolute atomic E-state index is 0.0347. The van der Waals surface area contributed by atoms with E-state index >= 15 is 0 Å². The van der Waals surface area contributed by atoms with Gasteiger partial charge in [-0.25, -0.2) is 4.98 Å². The van der Waals surface area contributed by atoms with Crippen LogP contribution >= 0.6 is 0 Å². The number of aromatic nitrogens is 1. The molecule has 0 aliphatic carbocycles. The molecule has 1 aromatic rings. The minimum Gasteiger partial charge on any atom is -0.382 e. The van der Waals surface area contributed by atoms with E-state index in [1.165, 1.54) is 0 Å². The number of rotatable bonds is 3. The maximum Gasteiger partial charge on any atom is 0.142 e. The Kier molecular flexibility index (Phi) is 4.03. The molecule has 0 radical (unpaired) electrons. The smallest absolute Gasteiger partial charge is 0.142 e. The van der Waals surface area contributed by atoms with Gasteiger partial charge in [-0.15, -0.1) is 0 Å². The molecular formula is C14H19N3O2. The first kappa shape index (κ1) is 13.8. The van der Waals surface area contributed by atoms with E-state index in [4.69, 9.17) is 14.7 Å².